The Bertz CT molecular complexity index is 1160. The number of nitrogens with zero attached hydrogens (tertiary/aromatic N) is 3. The summed E-state index contributed by atoms with van der Waals surface area (Å²) in [5.41, 5.74) is 3.64. The molecule has 0 unspecified atom stereocenters. The number of nitrogens with one attached hydrogen (secondary N) is 1. The van der Waals surface area contributed by atoms with Crippen LogP contribution in [0.15, 0.2) is 88.6 Å². The van der Waals surface area contributed by atoms with E-state index in [4.69, 9.17) is 9.15 Å². The number of ether oxygens (including phenoxy) is 1. The van der Waals surface area contributed by atoms with Crippen LogP contribution in [-0.4, -0.2) is 21.4 Å². The third kappa shape index (κ3) is 4.06. The molecule has 3 heterocycles. The Labute approximate surface area is 178 Å². The number of benzene rings is 2. The minimum absolute atomic E-state index is 0.429. The molecule has 0 fully saturated rings. The van der Waals surface area contributed by atoms with Gasteiger partial charge in [-0.25, -0.2) is 0 Å². The minimum atomic E-state index is -0.429. The highest BCUT2D eigenvalue weighted by Crippen LogP contribution is 2.36. The molecule has 0 aliphatic carbocycles. The van der Waals surface area contributed by atoms with Gasteiger partial charge < -0.3 is 14.5 Å². The molecular weight excluding hydrogens is 396 g/mol. The van der Waals surface area contributed by atoms with E-state index in [0.29, 0.717) is 16.7 Å². The predicted molar refractivity (Wildman–Crippen MR) is 117 cm³/mol. The number of thioether (sulfide) groups is 1. The van der Waals surface area contributed by atoms with E-state index >= 15 is 0 Å². The van der Waals surface area contributed by atoms with Crippen LogP contribution in [-0.2, 0) is 5.75 Å². The van der Waals surface area contributed by atoms with E-state index in [1.165, 1.54) is 17.3 Å². The number of hydrogen-bond donors (Lipinski definition) is 1. The smallest absolute Gasteiger partial charge is 0.247 e. The topological polar surface area (TPSA) is 73.1 Å². The van der Waals surface area contributed by atoms with Crippen molar-refractivity contribution in [2.75, 3.05) is 5.32 Å². The van der Waals surface area contributed by atoms with Crippen LogP contribution in [0, 0.1) is 0 Å². The number of aromatic nitrogens is 3. The van der Waals surface area contributed by atoms with Crippen LogP contribution in [0.1, 0.15) is 11.3 Å². The van der Waals surface area contributed by atoms with E-state index in [2.05, 4.69) is 32.6 Å². The number of anilines is 1. The van der Waals surface area contributed by atoms with Gasteiger partial charge in [-0.15, -0.1) is 10.2 Å². The molecule has 0 spiro atoms. The molecule has 1 aliphatic heterocycles. The molecule has 1 atom stereocenters. The van der Waals surface area contributed by atoms with E-state index in [-0.39, 0.29) is 0 Å². The standard InChI is InChI=1S/C23H18N4O2S/c1-2-7-16(8-3-1)15-30-23-25-22-21(26-27-23)18-10-4-5-11-19(18)24-20(29-22)13-12-17-9-6-14-28-17/h1-14,20,24H,15H2/b13-12+/t20-/m1/s1. The fraction of sp³-hybridized carbons (Fsp3) is 0.0870. The Kier molecular flexibility index (Phi) is 5.18. The maximum atomic E-state index is 6.16. The quantitative estimate of drug-likeness (QED) is 0.446. The van der Waals surface area contributed by atoms with Crippen molar-refractivity contribution in [1.82, 2.24) is 15.2 Å². The summed E-state index contributed by atoms with van der Waals surface area (Å²) in [5.74, 6) is 1.96. The first-order valence-corrected chi connectivity index (χ1v) is 10.5. The molecule has 148 valence electrons. The lowest BCUT2D eigenvalue weighted by molar-refractivity contribution is 0.266. The van der Waals surface area contributed by atoms with Gasteiger partial charge in [-0.2, -0.15) is 4.98 Å². The van der Waals surface area contributed by atoms with Crippen molar-refractivity contribution in [2.24, 2.45) is 0 Å². The van der Waals surface area contributed by atoms with Gasteiger partial charge in [0.1, 0.15) is 5.76 Å². The van der Waals surface area contributed by atoms with E-state index in [1.807, 2.05) is 66.7 Å². The highest BCUT2D eigenvalue weighted by Gasteiger charge is 2.23. The van der Waals surface area contributed by atoms with E-state index in [0.717, 1.165) is 22.8 Å². The SMILES string of the molecule is C(=C\[C@@H]1Nc2ccccc2-c2nnc(SCc3ccccc3)nc2O1)/c1ccco1. The number of hydrogen-bond acceptors (Lipinski definition) is 7. The van der Waals surface area contributed by atoms with Gasteiger partial charge in [0.25, 0.3) is 0 Å². The Morgan fingerprint density at radius 1 is 0.967 bits per heavy atom. The zero-order valence-corrected chi connectivity index (χ0v) is 16.8. The molecule has 1 aliphatic rings. The average molecular weight is 414 g/mol. The van der Waals surface area contributed by atoms with Gasteiger partial charge in [-0.05, 0) is 35.9 Å². The first kappa shape index (κ1) is 18.4. The largest absolute Gasteiger partial charge is 0.465 e. The Morgan fingerprint density at radius 2 is 1.83 bits per heavy atom. The summed E-state index contributed by atoms with van der Waals surface area (Å²) in [5, 5.41) is 12.7. The summed E-state index contributed by atoms with van der Waals surface area (Å²) in [7, 11) is 0. The fourth-order valence-electron chi connectivity index (χ4n) is 3.11. The van der Waals surface area contributed by atoms with Crippen molar-refractivity contribution in [3.8, 4) is 17.1 Å². The zero-order valence-electron chi connectivity index (χ0n) is 15.9. The Morgan fingerprint density at radius 3 is 2.70 bits per heavy atom. The third-order valence-corrected chi connectivity index (χ3v) is 5.45. The molecule has 0 bridgehead atoms. The monoisotopic (exact) mass is 414 g/mol. The number of para-hydroxylation sites is 1. The van der Waals surface area contributed by atoms with Crippen molar-refractivity contribution in [2.45, 2.75) is 17.1 Å². The number of rotatable bonds is 5. The van der Waals surface area contributed by atoms with Crippen LogP contribution in [0.5, 0.6) is 5.88 Å². The van der Waals surface area contributed by atoms with Crippen molar-refractivity contribution in [1.29, 1.82) is 0 Å². The molecule has 0 saturated carbocycles. The van der Waals surface area contributed by atoms with E-state index in [1.54, 1.807) is 6.26 Å². The number of furan rings is 1. The molecule has 7 heteroatoms. The molecule has 2 aromatic carbocycles. The molecule has 0 radical (unpaired) electrons. The molecule has 5 rings (SSSR count). The van der Waals surface area contributed by atoms with Crippen molar-refractivity contribution in [3.05, 3.63) is 90.4 Å². The summed E-state index contributed by atoms with van der Waals surface area (Å²) >= 11 is 1.53. The Balaban J connectivity index is 1.44. The van der Waals surface area contributed by atoms with Gasteiger partial charge in [0.05, 0.1) is 6.26 Å². The van der Waals surface area contributed by atoms with Crippen LogP contribution < -0.4 is 10.1 Å². The minimum Gasteiger partial charge on any atom is -0.465 e. The van der Waals surface area contributed by atoms with Crippen molar-refractivity contribution in [3.63, 3.8) is 0 Å². The van der Waals surface area contributed by atoms with Crippen LogP contribution in [0.3, 0.4) is 0 Å². The molecule has 0 saturated heterocycles. The predicted octanol–water partition coefficient (Wildman–Crippen LogP) is 5.27. The maximum absolute atomic E-state index is 6.16. The molecule has 0 amide bonds. The van der Waals surface area contributed by atoms with Gasteiger partial charge >= 0.3 is 0 Å². The normalized spacial score (nSPS) is 15.0. The third-order valence-electron chi connectivity index (χ3n) is 4.54. The molecular formula is C23H18N4O2S. The second kappa shape index (κ2) is 8.42. The van der Waals surface area contributed by atoms with Gasteiger partial charge in [-0.3, -0.25) is 0 Å². The van der Waals surface area contributed by atoms with Crippen LogP contribution >= 0.6 is 11.8 Å². The summed E-state index contributed by atoms with van der Waals surface area (Å²) in [6, 6.07) is 21.8. The summed E-state index contributed by atoms with van der Waals surface area (Å²) < 4.78 is 11.5. The average Bonchev–Trinajstić information content (AvgIpc) is 3.26. The second-order valence-electron chi connectivity index (χ2n) is 6.63. The molecule has 4 aromatic rings. The van der Waals surface area contributed by atoms with Gasteiger partial charge in [-0.1, -0.05) is 60.3 Å². The first-order valence-electron chi connectivity index (χ1n) is 9.51. The van der Waals surface area contributed by atoms with Crippen LogP contribution in [0.4, 0.5) is 5.69 Å². The van der Waals surface area contributed by atoms with Crippen molar-refractivity contribution >= 4 is 23.5 Å². The van der Waals surface area contributed by atoms with Gasteiger partial charge in [0, 0.05) is 17.0 Å². The lowest BCUT2D eigenvalue weighted by Gasteiger charge is -2.15. The summed E-state index contributed by atoms with van der Waals surface area (Å²) in [6.45, 7) is 0. The highest BCUT2D eigenvalue weighted by atomic mass is 32.2. The van der Waals surface area contributed by atoms with E-state index in [9.17, 15) is 0 Å². The van der Waals surface area contributed by atoms with Gasteiger partial charge in [0.2, 0.25) is 11.0 Å². The highest BCUT2D eigenvalue weighted by molar-refractivity contribution is 7.98. The van der Waals surface area contributed by atoms with Crippen molar-refractivity contribution < 1.29 is 9.15 Å². The zero-order chi connectivity index (χ0) is 20.2. The van der Waals surface area contributed by atoms with Gasteiger partial charge in [0.15, 0.2) is 11.9 Å². The summed E-state index contributed by atoms with van der Waals surface area (Å²) in [4.78, 5) is 4.65. The maximum Gasteiger partial charge on any atom is 0.247 e. The number of fused-ring (bicyclic) bond motifs is 3. The first-order chi connectivity index (χ1) is 14.8. The lowest BCUT2D eigenvalue weighted by Crippen LogP contribution is -2.23. The van der Waals surface area contributed by atoms with E-state index < -0.39 is 6.23 Å². The molecule has 6 nitrogen and oxygen atoms in total. The molecule has 30 heavy (non-hydrogen) atoms. The summed E-state index contributed by atoms with van der Waals surface area (Å²) in [6.07, 6.45) is 4.97. The molecule has 2 aromatic heterocycles. The molecule has 1 N–H and O–H groups in total. The Hall–Kier alpha value is -3.58. The second-order valence-corrected chi connectivity index (χ2v) is 7.57. The van der Waals surface area contributed by atoms with Crippen LogP contribution in [0.25, 0.3) is 17.3 Å². The van der Waals surface area contributed by atoms with Crippen LogP contribution in [0.2, 0.25) is 0 Å². The lowest BCUT2D eigenvalue weighted by atomic mass is 10.1. The fourth-order valence-corrected chi connectivity index (χ4v) is 3.84.